The van der Waals surface area contributed by atoms with Gasteiger partial charge in [-0.25, -0.2) is 14.2 Å². The summed E-state index contributed by atoms with van der Waals surface area (Å²) in [4.78, 5) is 19.5. The molecule has 4 rings (SSSR count). The molecule has 1 unspecified atom stereocenters. The van der Waals surface area contributed by atoms with Crippen LogP contribution in [0.5, 0.6) is 5.88 Å². The van der Waals surface area contributed by atoms with E-state index in [1.54, 1.807) is 37.8 Å². The van der Waals surface area contributed by atoms with Gasteiger partial charge in [-0.2, -0.15) is 4.98 Å². The Morgan fingerprint density at radius 3 is 2.60 bits per heavy atom. The van der Waals surface area contributed by atoms with Gasteiger partial charge in [0.05, 0.1) is 42.3 Å². The number of hydrogen-bond acceptors (Lipinski definition) is 9. The fourth-order valence-electron chi connectivity index (χ4n) is 2.77. The predicted molar refractivity (Wildman–Crippen MR) is 109 cm³/mol. The van der Waals surface area contributed by atoms with Crippen molar-refractivity contribution in [3.8, 4) is 5.88 Å². The van der Waals surface area contributed by atoms with Crippen LogP contribution in [0.4, 0.5) is 0 Å². The molecule has 0 bridgehead atoms. The Kier molecular flexibility index (Phi) is 6.97. The third-order valence-corrected chi connectivity index (χ3v) is 5.00. The lowest BCUT2D eigenvalue weighted by molar-refractivity contribution is -0.325. The summed E-state index contributed by atoms with van der Waals surface area (Å²) in [7, 11) is -0.290. The summed E-state index contributed by atoms with van der Waals surface area (Å²) in [6.07, 6.45) is 4.75. The molecule has 0 radical (unpaired) electrons. The van der Waals surface area contributed by atoms with Crippen molar-refractivity contribution in [2.45, 2.75) is 25.3 Å². The number of pyridine rings is 3. The number of ether oxygens (including phenoxy) is 1. The molecule has 11 nitrogen and oxygen atoms in total. The molecule has 0 aliphatic heterocycles. The summed E-state index contributed by atoms with van der Waals surface area (Å²) in [5.74, 6) is 0.480. The number of fused-ring (bicyclic) bond motifs is 3. The van der Waals surface area contributed by atoms with Gasteiger partial charge in [0, 0.05) is 23.0 Å². The zero-order valence-electron chi connectivity index (χ0n) is 16.6. The van der Waals surface area contributed by atoms with Crippen LogP contribution in [0.15, 0.2) is 47.9 Å². The molecule has 4 aromatic heterocycles. The molecular weight excluding hydrogens is 410 g/mol. The Balaban J connectivity index is 0.00000124. The molecule has 0 amide bonds. The van der Waals surface area contributed by atoms with Crippen LogP contribution < -0.4 is 9.57 Å². The summed E-state index contributed by atoms with van der Waals surface area (Å²) < 4.78 is 18.9. The Morgan fingerprint density at radius 1 is 1.13 bits per heavy atom. The molecule has 1 atom stereocenters. The van der Waals surface area contributed by atoms with Crippen molar-refractivity contribution in [1.29, 1.82) is 0 Å². The van der Waals surface area contributed by atoms with Gasteiger partial charge in [0.15, 0.2) is 5.65 Å². The average molecular weight is 431 g/mol. The van der Waals surface area contributed by atoms with Gasteiger partial charge in [-0.15, -0.1) is 4.83 Å². The molecule has 0 aliphatic carbocycles. The number of imidazole rings is 1. The maximum Gasteiger partial charge on any atom is 0.215 e. The summed E-state index contributed by atoms with van der Waals surface area (Å²) in [6.45, 7) is 4.42. The van der Waals surface area contributed by atoms with Crippen molar-refractivity contribution in [3.05, 3.63) is 48.7 Å². The summed E-state index contributed by atoms with van der Waals surface area (Å²) in [5.41, 5.74) is 2.85. The average Bonchev–Trinajstić information content (AvgIpc) is 3.18. The fourth-order valence-corrected chi connectivity index (χ4v) is 3.36. The van der Waals surface area contributed by atoms with Crippen molar-refractivity contribution in [3.63, 3.8) is 0 Å². The van der Waals surface area contributed by atoms with E-state index in [9.17, 15) is 4.21 Å². The first-order chi connectivity index (χ1) is 14.5. The monoisotopic (exact) mass is 431 g/mol. The molecule has 0 saturated heterocycles. The predicted octanol–water partition coefficient (Wildman–Crippen LogP) is 2.07. The molecule has 0 spiro atoms. The summed E-state index contributed by atoms with van der Waals surface area (Å²) in [6, 6.07) is 6.93. The lowest BCUT2D eigenvalue weighted by Gasteiger charge is -2.09. The SMILES string of the molecule is CC.COc1ccc2c(ncc3ncn(Cc4ccc(S(=O)NN(O)O)cn4)c32)n1. The molecule has 4 aromatic rings. The second-order valence-corrected chi connectivity index (χ2v) is 6.92. The van der Waals surface area contributed by atoms with E-state index >= 15 is 0 Å². The van der Waals surface area contributed by atoms with Gasteiger partial charge in [0.25, 0.3) is 0 Å². The number of nitrogens with zero attached hydrogens (tertiary/aromatic N) is 6. The molecule has 12 heteroatoms. The zero-order valence-corrected chi connectivity index (χ0v) is 17.4. The highest BCUT2D eigenvalue weighted by Gasteiger charge is 2.12. The van der Waals surface area contributed by atoms with Crippen LogP contribution >= 0.6 is 0 Å². The van der Waals surface area contributed by atoms with Crippen LogP contribution in [0.25, 0.3) is 22.1 Å². The van der Waals surface area contributed by atoms with Crippen LogP contribution in [0.1, 0.15) is 19.5 Å². The van der Waals surface area contributed by atoms with Gasteiger partial charge in [0.2, 0.25) is 5.88 Å². The van der Waals surface area contributed by atoms with Crippen LogP contribution in [-0.2, 0) is 17.5 Å². The summed E-state index contributed by atoms with van der Waals surface area (Å²) >= 11 is 0. The lowest BCUT2D eigenvalue weighted by atomic mass is 10.2. The Morgan fingerprint density at radius 2 is 1.93 bits per heavy atom. The second-order valence-electron chi connectivity index (χ2n) is 5.72. The van der Waals surface area contributed by atoms with Crippen LogP contribution in [-0.4, -0.2) is 51.6 Å². The lowest BCUT2D eigenvalue weighted by Crippen LogP contribution is -2.33. The van der Waals surface area contributed by atoms with Gasteiger partial charge >= 0.3 is 0 Å². The third kappa shape index (κ3) is 4.58. The second kappa shape index (κ2) is 9.65. The van der Waals surface area contributed by atoms with Crippen molar-refractivity contribution in [2.24, 2.45) is 0 Å². The number of hydrazine groups is 1. The minimum absolute atomic E-state index is 0.290. The smallest absolute Gasteiger partial charge is 0.215 e. The van der Waals surface area contributed by atoms with Gasteiger partial charge < -0.3 is 9.30 Å². The molecule has 0 aromatic carbocycles. The van der Waals surface area contributed by atoms with E-state index in [1.165, 1.54) is 6.20 Å². The highest BCUT2D eigenvalue weighted by Crippen LogP contribution is 2.24. The number of aromatic nitrogens is 5. The standard InChI is InChI=1S/C16H15N7O4S.C2H6/c1-27-14-5-4-12-15-13(7-18-16(12)20-14)19-9-22(15)8-10-2-3-11(6-17-10)28(26)21-23(24)25;1-2/h2-7,9,21,24-25H,8H2,1H3;1-2H3. The fraction of sp³-hybridized carbons (Fsp3) is 0.222. The van der Waals surface area contributed by atoms with Crippen LogP contribution in [0, 0.1) is 0 Å². The molecule has 3 N–H and O–H groups in total. The first-order valence-corrected chi connectivity index (χ1v) is 10.2. The maximum absolute atomic E-state index is 11.8. The molecule has 0 fully saturated rings. The van der Waals surface area contributed by atoms with E-state index in [1.807, 2.05) is 29.3 Å². The van der Waals surface area contributed by atoms with E-state index in [0.29, 0.717) is 28.7 Å². The highest BCUT2D eigenvalue weighted by molar-refractivity contribution is 7.83. The van der Waals surface area contributed by atoms with Crippen LogP contribution in [0.2, 0.25) is 0 Å². The van der Waals surface area contributed by atoms with E-state index in [4.69, 9.17) is 15.2 Å². The van der Waals surface area contributed by atoms with Gasteiger partial charge in [0.1, 0.15) is 16.5 Å². The highest BCUT2D eigenvalue weighted by atomic mass is 32.2. The Hall–Kier alpha value is -3.03. The molecular formula is C18H21N7O4S. The number of methoxy groups -OCH3 is 1. The summed E-state index contributed by atoms with van der Waals surface area (Å²) in [5, 5.41) is 17.8. The quantitative estimate of drug-likeness (QED) is 0.392. The minimum Gasteiger partial charge on any atom is -0.481 e. The van der Waals surface area contributed by atoms with Crippen molar-refractivity contribution in [2.75, 3.05) is 7.11 Å². The minimum atomic E-state index is -1.84. The molecule has 0 saturated carbocycles. The molecule has 4 heterocycles. The third-order valence-electron chi connectivity index (χ3n) is 4.00. The first-order valence-electron chi connectivity index (χ1n) is 9.00. The van der Waals surface area contributed by atoms with Gasteiger partial charge in [-0.1, -0.05) is 13.8 Å². The molecule has 158 valence electrons. The van der Waals surface area contributed by atoms with E-state index in [-0.39, 0.29) is 5.34 Å². The van der Waals surface area contributed by atoms with Crippen molar-refractivity contribution >= 4 is 33.1 Å². The number of nitrogens with one attached hydrogen (secondary N) is 1. The Bertz CT molecular complexity index is 1160. The Labute approximate surface area is 174 Å². The first kappa shape index (κ1) is 21.7. The zero-order chi connectivity index (χ0) is 21.7. The molecule has 30 heavy (non-hydrogen) atoms. The van der Waals surface area contributed by atoms with E-state index in [0.717, 1.165) is 16.4 Å². The van der Waals surface area contributed by atoms with Gasteiger partial charge in [-0.05, 0) is 18.2 Å². The van der Waals surface area contributed by atoms with E-state index in [2.05, 4.69) is 19.9 Å². The van der Waals surface area contributed by atoms with E-state index < -0.39 is 11.0 Å². The van der Waals surface area contributed by atoms with Crippen LogP contribution in [0.3, 0.4) is 0 Å². The number of rotatable bonds is 6. The van der Waals surface area contributed by atoms with Crippen molar-refractivity contribution in [1.82, 2.24) is 34.7 Å². The number of hydrogen-bond donors (Lipinski definition) is 3. The molecule has 0 aliphatic rings. The topological polar surface area (TPSA) is 139 Å². The van der Waals surface area contributed by atoms with Gasteiger partial charge in [-0.3, -0.25) is 15.4 Å². The maximum atomic E-state index is 11.8. The normalized spacial score (nSPS) is 12.1. The van der Waals surface area contributed by atoms with Crippen molar-refractivity contribution < 1.29 is 19.4 Å². The largest absolute Gasteiger partial charge is 0.481 e.